The van der Waals surface area contributed by atoms with Gasteiger partial charge in [0, 0.05) is 13.1 Å². The van der Waals surface area contributed by atoms with Crippen molar-refractivity contribution in [3.05, 3.63) is 34.9 Å². The predicted octanol–water partition coefficient (Wildman–Crippen LogP) is 2.05. The van der Waals surface area contributed by atoms with Crippen LogP contribution in [0.15, 0.2) is 24.3 Å². The van der Waals surface area contributed by atoms with Gasteiger partial charge in [0.2, 0.25) is 5.91 Å². The number of morpholine rings is 1. The molecule has 1 unspecified atom stereocenters. The van der Waals surface area contributed by atoms with Crippen LogP contribution in [-0.2, 0) is 9.53 Å². The van der Waals surface area contributed by atoms with Crippen molar-refractivity contribution in [1.82, 2.24) is 10.2 Å². The van der Waals surface area contributed by atoms with E-state index in [-0.39, 0.29) is 11.8 Å². The van der Waals surface area contributed by atoms with Gasteiger partial charge in [-0.25, -0.2) is 0 Å². The van der Waals surface area contributed by atoms with Crippen LogP contribution in [-0.4, -0.2) is 61.1 Å². The second-order valence-electron chi connectivity index (χ2n) is 5.23. The first kappa shape index (κ1) is 18.1. The van der Waals surface area contributed by atoms with Crippen LogP contribution >= 0.6 is 23.4 Å². The number of benzene rings is 1. The molecule has 1 fully saturated rings. The minimum Gasteiger partial charge on any atom is -0.378 e. The monoisotopic (exact) mass is 356 g/mol. The van der Waals surface area contributed by atoms with Gasteiger partial charge in [0.25, 0.3) is 5.91 Å². The zero-order valence-electron chi connectivity index (χ0n) is 13.1. The van der Waals surface area contributed by atoms with Crippen molar-refractivity contribution in [2.45, 2.75) is 12.5 Å². The summed E-state index contributed by atoms with van der Waals surface area (Å²) in [5.74, 6) is 0.426. The number of thioether (sulfide) groups is 1. The van der Waals surface area contributed by atoms with Crippen LogP contribution in [0.2, 0.25) is 5.02 Å². The van der Waals surface area contributed by atoms with E-state index in [0.29, 0.717) is 43.3 Å². The Morgan fingerprint density at radius 2 is 2.04 bits per heavy atom. The van der Waals surface area contributed by atoms with E-state index in [9.17, 15) is 9.59 Å². The summed E-state index contributed by atoms with van der Waals surface area (Å²) in [6, 6.07) is 6.30. The summed E-state index contributed by atoms with van der Waals surface area (Å²) < 4.78 is 5.27. The zero-order valence-corrected chi connectivity index (χ0v) is 14.7. The van der Waals surface area contributed by atoms with Crippen molar-refractivity contribution < 1.29 is 14.3 Å². The van der Waals surface area contributed by atoms with Gasteiger partial charge in [-0.1, -0.05) is 23.7 Å². The van der Waals surface area contributed by atoms with E-state index in [1.54, 1.807) is 40.9 Å². The van der Waals surface area contributed by atoms with E-state index in [0.717, 1.165) is 5.75 Å². The molecule has 0 aliphatic carbocycles. The highest BCUT2D eigenvalue weighted by molar-refractivity contribution is 7.98. The third-order valence-corrected chi connectivity index (χ3v) is 4.63. The molecule has 0 radical (unpaired) electrons. The molecular weight excluding hydrogens is 336 g/mol. The van der Waals surface area contributed by atoms with Gasteiger partial charge in [0.1, 0.15) is 6.04 Å². The summed E-state index contributed by atoms with van der Waals surface area (Å²) in [5.41, 5.74) is 0.387. The summed E-state index contributed by atoms with van der Waals surface area (Å²) in [6.45, 7) is 2.21. The molecule has 7 heteroatoms. The quantitative estimate of drug-likeness (QED) is 0.847. The van der Waals surface area contributed by atoms with Crippen LogP contribution in [0.25, 0.3) is 0 Å². The summed E-state index contributed by atoms with van der Waals surface area (Å²) in [4.78, 5) is 26.8. The number of amides is 2. The first-order chi connectivity index (χ1) is 11.1. The largest absolute Gasteiger partial charge is 0.378 e. The highest BCUT2D eigenvalue weighted by Crippen LogP contribution is 2.15. The lowest BCUT2D eigenvalue weighted by molar-refractivity contribution is -0.137. The van der Waals surface area contributed by atoms with Crippen molar-refractivity contribution in [3.8, 4) is 0 Å². The molecule has 2 rings (SSSR count). The minimum absolute atomic E-state index is 0.0530. The molecule has 1 aliphatic rings. The first-order valence-corrected chi connectivity index (χ1v) is 9.31. The Hall–Kier alpha value is -1.24. The summed E-state index contributed by atoms with van der Waals surface area (Å²) in [6.07, 6.45) is 2.57. The summed E-state index contributed by atoms with van der Waals surface area (Å²) in [5, 5.41) is 3.22. The normalized spacial score (nSPS) is 16.0. The second-order valence-corrected chi connectivity index (χ2v) is 6.62. The van der Waals surface area contributed by atoms with Crippen molar-refractivity contribution in [2.75, 3.05) is 38.3 Å². The van der Waals surface area contributed by atoms with Gasteiger partial charge in [0.15, 0.2) is 0 Å². The summed E-state index contributed by atoms with van der Waals surface area (Å²) in [7, 11) is 0. The maximum absolute atomic E-state index is 12.7. The van der Waals surface area contributed by atoms with E-state index in [1.165, 1.54) is 0 Å². The van der Waals surface area contributed by atoms with E-state index < -0.39 is 6.04 Å². The molecule has 1 aromatic rings. The molecule has 126 valence electrons. The third kappa shape index (κ3) is 5.12. The maximum Gasteiger partial charge on any atom is 0.253 e. The highest BCUT2D eigenvalue weighted by atomic mass is 35.5. The van der Waals surface area contributed by atoms with Gasteiger partial charge >= 0.3 is 0 Å². The molecule has 1 heterocycles. The molecule has 1 N–H and O–H groups in total. The number of hydrogen-bond acceptors (Lipinski definition) is 4. The summed E-state index contributed by atoms with van der Waals surface area (Å²) >= 11 is 7.71. The van der Waals surface area contributed by atoms with Crippen molar-refractivity contribution >= 4 is 35.2 Å². The average molecular weight is 357 g/mol. The van der Waals surface area contributed by atoms with Crippen LogP contribution in [0.4, 0.5) is 0 Å². The fraction of sp³-hybridized carbons (Fsp3) is 0.500. The van der Waals surface area contributed by atoms with Gasteiger partial charge in [-0.05, 0) is 30.6 Å². The fourth-order valence-corrected chi connectivity index (χ4v) is 3.07. The number of carbonyl (C=O) groups excluding carboxylic acids is 2. The Labute approximate surface area is 145 Å². The van der Waals surface area contributed by atoms with Gasteiger partial charge in [0.05, 0.1) is 23.8 Å². The molecule has 23 heavy (non-hydrogen) atoms. The molecule has 0 spiro atoms. The molecule has 1 saturated heterocycles. The Bertz CT molecular complexity index is 550. The van der Waals surface area contributed by atoms with Crippen LogP contribution in [0.5, 0.6) is 0 Å². The van der Waals surface area contributed by atoms with Gasteiger partial charge < -0.3 is 15.0 Å². The van der Waals surface area contributed by atoms with Crippen LogP contribution in [0, 0.1) is 0 Å². The number of nitrogens with zero attached hydrogens (tertiary/aromatic N) is 1. The smallest absolute Gasteiger partial charge is 0.253 e. The number of carbonyl (C=O) groups is 2. The van der Waals surface area contributed by atoms with Gasteiger partial charge in [-0.2, -0.15) is 11.8 Å². The fourth-order valence-electron chi connectivity index (χ4n) is 2.38. The number of hydrogen-bond donors (Lipinski definition) is 1. The number of nitrogens with one attached hydrogen (secondary N) is 1. The molecule has 1 aliphatic heterocycles. The Balaban J connectivity index is 2.06. The van der Waals surface area contributed by atoms with Crippen molar-refractivity contribution in [2.24, 2.45) is 0 Å². The Morgan fingerprint density at radius 1 is 1.35 bits per heavy atom. The molecule has 0 aromatic heterocycles. The van der Waals surface area contributed by atoms with E-state index >= 15 is 0 Å². The molecule has 0 bridgehead atoms. The van der Waals surface area contributed by atoms with Crippen molar-refractivity contribution in [3.63, 3.8) is 0 Å². The topological polar surface area (TPSA) is 58.6 Å². The maximum atomic E-state index is 12.7. The standard InChI is InChI=1S/C16H21ClN2O3S/c1-23-11-6-14(16(21)19-7-9-22-10-8-19)18-15(20)12-4-2-3-5-13(12)17/h2-5,14H,6-11H2,1H3,(H,18,20). The minimum atomic E-state index is -0.538. The van der Waals surface area contributed by atoms with Crippen LogP contribution in [0.3, 0.4) is 0 Å². The molecule has 5 nitrogen and oxygen atoms in total. The number of rotatable bonds is 6. The lowest BCUT2D eigenvalue weighted by atomic mass is 10.1. The third-order valence-electron chi connectivity index (χ3n) is 3.66. The van der Waals surface area contributed by atoms with Crippen molar-refractivity contribution in [1.29, 1.82) is 0 Å². The van der Waals surface area contributed by atoms with E-state index in [1.807, 2.05) is 6.26 Å². The molecule has 2 amide bonds. The first-order valence-electron chi connectivity index (χ1n) is 7.54. The molecule has 1 aromatic carbocycles. The molecule has 0 saturated carbocycles. The van der Waals surface area contributed by atoms with Gasteiger partial charge in [-0.3, -0.25) is 9.59 Å². The van der Waals surface area contributed by atoms with E-state index in [4.69, 9.17) is 16.3 Å². The molecular formula is C16H21ClN2O3S. The second kappa shape index (κ2) is 9.15. The highest BCUT2D eigenvalue weighted by Gasteiger charge is 2.27. The lowest BCUT2D eigenvalue weighted by Crippen LogP contribution is -2.52. The van der Waals surface area contributed by atoms with Crippen LogP contribution < -0.4 is 5.32 Å². The average Bonchev–Trinajstić information content (AvgIpc) is 2.59. The predicted molar refractivity (Wildman–Crippen MR) is 93.1 cm³/mol. The van der Waals surface area contributed by atoms with Gasteiger partial charge in [-0.15, -0.1) is 0 Å². The SMILES string of the molecule is CSCCC(NC(=O)c1ccccc1Cl)C(=O)N1CCOCC1. The zero-order chi connectivity index (χ0) is 16.7. The Morgan fingerprint density at radius 3 is 2.70 bits per heavy atom. The molecule has 1 atom stereocenters. The Kier molecular flexibility index (Phi) is 7.20. The van der Waals surface area contributed by atoms with E-state index in [2.05, 4.69) is 5.32 Å². The number of halogens is 1. The van der Waals surface area contributed by atoms with Crippen LogP contribution in [0.1, 0.15) is 16.8 Å². The number of ether oxygens (including phenoxy) is 1. The lowest BCUT2D eigenvalue weighted by Gasteiger charge is -2.30.